The first-order valence-corrected chi connectivity index (χ1v) is 11.2. The van der Waals surface area contributed by atoms with E-state index in [1.54, 1.807) is 11.1 Å². The van der Waals surface area contributed by atoms with Gasteiger partial charge in [-0.15, -0.1) is 0 Å². The zero-order valence-corrected chi connectivity index (χ0v) is 18.0. The van der Waals surface area contributed by atoms with Gasteiger partial charge < -0.3 is 19.4 Å². The van der Waals surface area contributed by atoms with Crippen LogP contribution in [0.15, 0.2) is 30.5 Å². The number of hydrogen-bond acceptors (Lipinski definition) is 5. The number of likely N-dealkylation sites (tertiary alicyclic amines) is 1. The number of pyridine rings is 1. The first kappa shape index (κ1) is 19.8. The van der Waals surface area contributed by atoms with Crippen LogP contribution in [0.3, 0.4) is 0 Å². The third-order valence-corrected chi connectivity index (χ3v) is 6.44. The summed E-state index contributed by atoms with van der Waals surface area (Å²) in [6.07, 6.45) is 7.43. The Morgan fingerprint density at radius 3 is 2.61 bits per heavy atom. The fraction of sp³-hybridized carbons (Fsp3) is 0.458. The molecule has 0 bridgehead atoms. The Balaban J connectivity index is 1.40. The molecule has 0 N–H and O–H groups in total. The van der Waals surface area contributed by atoms with E-state index < -0.39 is 0 Å². The molecule has 162 valence electrons. The van der Waals surface area contributed by atoms with E-state index >= 15 is 0 Å². The zero-order chi connectivity index (χ0) is 21.4. The summed E-state index contributed by atoms with van der Waals surface area (Å²) in [7, 11) is 1.82. The Kier molecular flexibility index (Phi) is 5.26. The predicted molar refractivity (Wildman–Crippen MR) is 118 cm³/mol. The zero-order valence-electron chi connectivity index (χ0n) is 18.0. The SMILES string of the molecule is CN1Cc2cc(N3CCOc4cc(C(=O)N5CCCCCCC5)cnc43)ccc2C1=O. The molecule has 0 saturated carbocycles. The van der Waals surface area contributed by atoms with E-state index in [2.05, 4.69) is 16.0 Å². The maximum absolute atomic E-state index is 13.1. The highest BCUT2D eigenvalue weighted by molar-refractivity contribution is 5.99. The van der Waals surface area contributed by atoms with E-state index in [1.165, 1.54) is 19.3 Å². The minimum absolute atomic E-state index is 0.0389. The molecule has 7 heteroatoms. The average Bonchev–Trinajstić information content (AvgIpc) is 3.05. The van der Waals surface area contributed by atoms with Gasteiger partial charge in [0, 0.05) is 44.1 Å². The van der Waals surface area contributed by atoms with Gasteiger partial charge in [0.2, 0.25) is 0 Å². The second-order valence-electron chi connectivity index (χ2n) is 8.61. The van der Waals surface area contributed by atoms with Gasteiger partial charge in [-0.1, -0.05) is 19.3 Å². The molecule has 31 heavy (non-hydrogen) atoms. The van der Waals surface area contributed by atoms with Gasteiger partial charge >= 0.3 is 0 Å². The smallest absolute Gasteiger partial charge is 0.255 e. The number of benzene rings is 1. The largest absolute Gasteiger partial charge is 0.488 e. The van der Waals surface area contributed by atoms with Crippen LogP contribution < -0.4 is 9.64 Å². The number of hydrogen-bond donors (Lipinski definition) is 0. The monoisotopic (exact) mass is 420 g/mol. The molecule has 3 aliphatic heterocycles. The van der Waals surface area contributed by atoms with Crippen molar-refractivity contribution in [2.75, 3.05) is 38.2 Å². The van der Waals surface area contributed by atoms with E-state index in [-0.39, 0.29) is 11.8 Å². The lowest BCUT2D eigenvalue weighted by Crippen LogP contribution is -2.34. The molecule has 0 aliphatic carbocycles. The Labute approximate surface area is 182 Å². The van der Waals surface area contributed by atoms with Crippen molar-refractivity contribution in [2.45, 2.75) is 38.6 Å². The van der Waals surface area contributed by atoms with Crippen LogP contribution in [0.5, 0.6) is 5.75 Å². The van der Waals surface area contributed by atoms with Gasteiger partial charge in [-0.25, -0.2) is 4.98 Å². The van der Waals surface area contributed by atoms with E-state index in [1.807, 2.05) is 30.1 Å². The lowest BCUT2D eigenvalue weighted by molar-refractivity contribution is 0.0740. The van der Waals surface area contributed by atoms with Crippen molar-refractivity contribution in [2.24, 2.45) is 0 Å². The molecule has 0 unspecified atom stereocenters. The topological polar surface area (TPSA) is 66.0 Å². The van der Waals surface area contributed by atoms with Gasteiger partial charge in [0.05, 0.1) is 12.1 Å². The molecule has 1 saturated heterocycles. The summed E-state index contributed by atoms with van der Waals surface area (Å²) < 4.78 is 5.89. The van der Waals surface area contributed by atoms with E-state index in [0.717, 1.165) is 42.7 Å². The predicted octanol–water partition coefficient (Wildman–Crippen LogP) is 3.60. The molecule has 1 fully saturated rings. The van der Waals surface area contributed by atoms with E-state index in [0.29, 0.717) is 36.8 Å². The number of ether oxygens (including phenoxy) is 1. The van der Waals surface area contributed by atoms with E-state index in [4.69, 9.17) is 4.74 Å². The summed E-state index contributed by atoms with van der Waals surface area (Å²) in [5, 5.41) is 0. The Hall–Kier alpha value is -3.09. The van der Waals surface area contributed by atoms with Gasteiger partial charge in [0.15, 0.2) is 11.6 Å². The summed E-state index contributed by atoms with van der Waals surface area (Å²) in [6.45, 7) is 3.43. The van der Waals surface area contributed by atoms with Crippen LogP contribution in [0.2, 0.25) is 0 Å². The molecule has 0 spiro atoms. The second kappa shape index (κ2) is 8.21. The molecular weight excluding hydrogens is 392 g/mol. The molecule has 2 aromatic rings. The summed E-state index contributed by atoms with van der Waals surface area (Å²) in [4.78, 5) is 35.7. The highest BCUT2D eigenvalue weighted by atomic mass is 16.5. The number of fused-ring (bicyclic) bond motifs is 2. The summed E-state index contributed by atoms with van der Waals surface area (Å²) in [5.41, 5.74) is 3.37. The third kappa shape index (κ3) is 3.73. The van der Waals surface area contributed by atoms with Gasteiger partial charge in [-0.05, 0) is 42.7 Å². The number of nitrogens with zero attached hydrogens (tertiary/aromatic N) is 4. The highest BCUT2D eigenvalue weighted by Gasteiger charge is 2.28. The van der Waals surface area contributed by atoms with Gasteiger partial charge in [-0.3, -0.25) is 9.59 Å². The van der Waals surface area contributed by atoms with Crippen molar-refractivity contribution >= 4 is 23.3 Å². The minimum atomic E-state index is 0.0389. The van der Waals surface area contributed by atoms with Crippen LogP contribution >= 0.6 is 0 Å². The molecule has 0 atom stereocenters. The van der Waals surface area contributed by atoms with Gasteiger partial charge in [0.25, 0.3) is 11.8 Å². The quantitative estimate of drug-likeness (QED) is 0.743. The maximum atomic E-state index is 13.1. The number of amides is 2. The van der Waals surface area contributed by atoms with Crippen molar-refractivity contribution in [1.29, 1.82) is 0 Å². The van der Waals surface area contributed by atoms with Crippen LogP contribution in [-0.2, 0) is 6.54 Å². The lowest BCUT2D eigenvalue weighted by atomic mass is 10.1. The minimum Gasteiger partial charge on any atom is -0.488 e. The summed E-state index contributed by atoms with van der Waals surface area (Å²) in [6, 6.07) is 7.75. The number of rotatable bonds is 2. The number of aromatic nitrogens is 1. The molecule has 4 heterocycles. The van der Waals surface area contributed by atoms with Crippen LogP contribution in [0, 0.1) is 0 Å². The lowest BCUT2D eigenvalue weighted by Gasteiger charge is -2.31. The van der Waals surface area contributed by atoms with Gasteiger partial charge in [-0.2, -0.15) is 0 Å². The Morgan fingerprint density at radius 2 is 1.81 bits per heavy atom. The standard InChI is InChI=1S/C24H28N4O3/c1-26-16-18-13-19(7-8-20(18)24(26)30)28-11-12-31-21-14-17(15-25-22(21)28)23(29)27-9-5-3-2-4-6-10-27/h7-8,13-15H,2-6,9-12,16H2,1H3. The van der Waals surface area contributed by atoms with Gasteiger partial charge in [0.1, 0.15) is 6.61 Å². The van der Waals surface area contributed by atoms with Crippen molar-refractivity contribution in [1.82, 2.24) is 14.8 Å². The number of carbonyl (C=O) groups excluding carboxylic acids is 2. The van der Waals surface area contributed by atoms with Crippen LogP contribution in [0.25, 0.3) is 0 Å². The van der Waals surface area contributed by atoms with Crippen molar-refractivity contribution in [3.8, 4) is 5.75 Å². The van der Waals surface area contributed by atoms with Crippen molar-refractivity contribution < 1.29 is 14.3 Å². The third-order valence-electron chi connectivity index (χ3n) is 6.44. The molecule has 2 amide bonds. The summed E-state index contributed by atoms with van der Waals surface area (Å²) in [5.74, 6) is 1.46. The van der Waals surface area contributed by atoms with Crippen LogP contribution in [0.4, 0.5) is 11.5 Å². The normalized spacial score (nSPS) is 18.7. The molecule has 5 rings (SSSR count). The van der Waals surface area contributed by atoms with E-state index in [9.17, 15) is 9.59 Å². The molecule has 7 nitrogen and oxygen atoms in total. The van der Waals surface area contributed by atoms with Crippen LogP contribution in [-0.4, -0.2) is 59.9 Å². The summed E-state index contributed by atoms with van der Waals surface area (Å²) >= 11 is 0. The van der Waals surface area contributed by atoms with Crippen molar-refractivity contribution in [3.63, 3.8) is 0 Å². The number of anilines is 2. The first-order valence-electron chi connectivity index (χ1n) is 11.2. The number of carbonyl (C=O) groups is 2. The Morgan fingerprint density at radius 1 is 1.03 bits per heavy atom. The highest BCUT2D eigenvalue weighted by Crippen LogP contribution is 2.37. The van der Waals surface area contributed by atoms with Crippen molar-refractivity contribution in [3.05, 3.63) is 47.2 Å². The van der Waals surface area contributed by atoms with Crippen LogP contribution in [0.1, 0.15) is 58.4 Å². The first-order chi connectivity index (χ1) is 15.1. The molecular formula is C24H28N4O3. The Bertz CT molecular complexity index is 1010. The molecule has 1 aromatic heterocycles. The second-order valence-corrected chi connectivity index (χ2v) is 8.61. The molecule has 0 radical (unpaired) electrons. The molecule has 3 aliphatic rings. The average molecular weight is 421 g/mol. The fourth-order valence-electron chi connectivity index (χ4n) is 4.72. The fourth-order valence-corrected chi connectivity index (χ4v) is 4.72. The molecule has 1 aromatic carbocycles. The maximum Gasteiger partial charge on any atom is 0.255 e.